The number of thioether (sulfide) groups is 1. The van der Waals surface area contributed by atoms with E-state index in [1.165, 1.54) is 19.1 Å². The largest absolute Gasteiger partial charge is 0.508 e. The summed E-state index contributed by atoms with van der Waals surface area (Å²) in [6, 6.07) is 18.8. The molecule has 0 saturated heterocycles. The van der Waals surface area contributed by atoms with Gasteiger partial charge < -0.3 is 19.7 Å². The van der Waals surface area contributed by atoms with E-state index in [2.05, 4.69) is 5.32 Å². The average Bonchev–Trinajstić information content (AvgIpc) is 3.38. The highest BCUT2D eigenvalue weighted by atomic mass is 32.2. The number of aromatic hydroxyl groups is 1. The van der Waals surface area contributed by atoms with E-state index in [1.807, 2.05) is 18.2 Å². The normalized spacial score (nSPS) is 14.4. The molecule has 1 aliphatic rings. The lowest BCUT2D eigenvalue weighted by Crippen LogP contribution is -2.45. The lowest BCUT2D eigenvalue weighted by molar-refractivity contribution is -0.140. The summed E-state index contributed by atoms with van der Waals surface area (Å²) in [5.74, 6) is -0.312. The van der Waals surface area contributed by atoms with Gasteiger partial charge in [-0.15, -0.1) is 0 Å². The van der Waals surface area contributed by atoms with Crippen molar-refractivity contribution in [2.45, 2.75) is 31.8 Å². The number of nitrogens with one attached hydrogen (secondary N) is 1. The molecule has 3 N–H and O–H groups in total. The fraction of sp³-hybridized carbons (Fsp3) is 0.276. The van der Waals surface area contributed by atoms with Gasteiger partial charge in [-0.05, 0) is 53.8 Å². The second kappa shape index (κ2) is 12.6. The Morgan fingerprint density at radius 2 is 1.61 bits per heavy atom. The summed E-state index contributed by atoms with van der Waals surface area (Å²) in [6.07, 6.45) is 0.456. The van der Waals surface area contributed by atoms with Crippen LogP contribution in [0.2, 0.25) is 0 Å². The second-order valence-corrected chi connectivity index (χ2v) is 10.3. The molecule has 3 aromatic carbocycles. The van der Waals surface area contributed by atoms with Crippen molar-refractivity contribution in [3.63, 3.8) is 0 Å². The fourth-order valence-corrected chi connectivity index (χ4v) is 5.04. The monoisotopic (exact) mass is 535 g/mol. The van der Waals surface area contributed by atoms with Gasteiger partial charge in [0.1, 0.15) is 11.8 Å². The number of ketones is 1. The molecule has 0 aliphatic carbocycles. The standard InChI is InChI=1S/C29H29NO7S/c1-18(31)38-16-22(13-20-9-12-25-26(15-20)37-17-36-25)28(33)27(21-5-3-2-4-6-21)30-24(29(34)35)14-19-7-10-23(32)11-8-19/h2-12,15,22,24,27,30,32H,13-14,16-17H2,1H3,(H,34,35)/t22-,24?,27?/m1/s1. The number of benzene rings is 3. The third-order valence-corrected chi connectivity index (χ3v) is 7.24. The Balaban J connectivity index is 1.62. The number of hydrogen-bond donors (Lipinski definition) is 3. The molecule has 0 spiro atoms. The van der Waals surface area contributed by atoms with Gasteiger partial charge >= 0.3 is 5.97 Å². The highest BCUT2D eigenvalue weighted by Crippen LogP contribution is 2.34. The molecule has 0 aromatic heterocycles. The predicted molar refractivity (Wildman–Crippen MR) is 143 cm³/mol. The molecule has 3 atom stereocenters. The molecule has 0 amide bonds. The Morgan fingerprint density at radius 3 is 2.29 bits per heavy atom. The van der Waals surface area contributed by atoms with Gasteiger partial charge in [0.25, 0.3) is 0 Å². The molecule has 1 aliphatic heterocycles. The van der Waals surface area contributed by atoms with E-state index in [1.54, 1.807) is 42.5 Å². The van der Waals surface area contributed by atoms with Crippen LogP contribution in [0, 0.1) is 5.92 Å². The van der Waals surface area contributed by atoms with E-state index < -0.39 is 24.0 Å². The van der Waals surface area contributed by atoms with Crippen molar-refractivity contribution in [1.82, 2.24) is 5.32 Å². The fourth-order valence-electron chi connectivity index (χ4n) is 4.32. The van der Waals surface area contributed by atoms with Crippen molar-refractivity contribution < 1.29 is 34.1 Å². The summed E-state index contributed by atoms with van der Waals surface area (Å²) in [7, 11) is 0. The van der Waals surface area contributed by atoms with Crippen molar-refractivity contribution in [2.24, 2.45) is 5.92 Å². The van der Waals surface area contributed by atoms with E-state index in [0.717, 1.165) is 17.3 Å². The number of Topliss-reactive ketones (excluding diaryl/α,β-unsaturated/α-hetero) is 1. The number of carboxylic acid groups (broad SMARTS) is 1. The highest BCUT2D eigenvalue weighted by Gasteiger charge is 2.33. The molecule has 198 valence electrons. The van der Waals surface area contributed by atoms with Gasteiger partial charge in [-0.2, -0.15) is 0 Å². The molecule has 2 unspecified atom stereocenters. The zero-order chi connectivity index (χ0) is 27.1. The minimum absolute atomic E-state index is 0.0836. The van der Waals surface area contributed by atoms with Gasteiger partial charge in [0.2, 0.25) is 6.79 Å². The van der Waals surface area contributed by atoms with Crippen LogP contribution in [-0.2, 0) is 27.2 Å². The van der Waals surface area contributed by atoms with Crippen LogP contribution in [0.25, 0.3) is 0 Å². The highest BCUT2D eigenvalue weighted by molar-refractivity contribution is 8.13. The average molecular weight is 536 g/mol. The smallest absolute Gasteiger partial charge is 0.321 e. The maximum atomic E-state index is 14.1. The number of fused-ring (bicyclic) bond motifs is 1. The van der Waals surface area contributed by atoms with Crippen molar-refractivity contribution in [2.75, 3.05) is 12.5 Å². The first-order valence-corrected chi connectivity index (χ1v) is 13.2. The molecular weight excluding hydrogens is 506 g/mol. The van der Waals surface area contributed by atoms with E-state index in [4.69, 9.17) is 9.47 Å². The number of phenolic OH excluding ortho intramolecular Hbond substituents is 1. The summed E-state index contributed by atoms with van der Waals surface area (Å²) in [5.41, 5.74) is 2.19. The third-order valence-electron chi connectivity index (χ3n) is 6.27. The Labute approximate surface area is 225 Å². The summed E-state index contributed by atoms with van der Waals surface area (Å²) < 4.78 is 10.9. The number of carbonyl (C=O) groups is 3. The van der Waals surface area contributed by atoms with E-state index in [9.17, 15) is 24.6 Å². The summed E-state index contributed by atoms with van der Waals surface area (Å²) in [4.78, 5) is 38.1. The Bertz CT molecular complexity index is 1280. The number of aliphatic carboxylic acids is 1. The molecule has 4 rings (SSSR count). The van der Waals surface area contributed by atoms with Gasteiger partial charge in [0, 0.05) is 18.6 Å². The topological polar surface area (TPSA) is 122 Å². The van der Waals surface area contributed by atoms with Gasteiger partial charge in [-0.1, -0.05) is 60.3 Å². The first-order valence-electron chi connectivity index (χ1n) is 12.2. The van der Waals surface area contributed by atoms with Crippen LogP contribution in [-0.4, -0.2) is 45.7 Å². The van der Waals surface area contributed by atoms with Crippen LogP contribution in [0.15, 0.2) is 72.8 Å². The number of hydrogen-bond acceptors (Lipinski definition) is 8. The Kier molecular flexibility index (Phi) is 9.04. The minimum atomic E-state index is -1.10. The lowest BCUT2D eigenvalue weighted by atomic mass is 9.88. The van der Waals surface area contributed by atoms with Gasteiger partial charge in [0.05, 0.1) is 6.04 Å². The van der Waals surface area contributed by atoms with E-state index >= 15 is 0 Å². The molecular formula is C29H29NO7S. The summed E-state index contributed by atoms with van der Waals surface area (Å²) in [6.45, 7) is 1.59. The second-order valence-electron chi connectivity index (χ2n) is 9.07. The molecule has 38 heavy (non-hydrogen) atoms. The molecule has 8 nitrogen and oxygen atoms in total. The third kappa shape index (κ3) is 7.14. The van der Waals surface area contributed by atoms with Gasteiger partial charge in [0.15, 0.2) is 22.4 Å². The number of ether oxygens (including phenoxy) is 2. The van der Waals surface area contributed by atoms with Crippen LogP contribution < -0.4 is 14.8 Å². The van der Waals surface area contributed by atoms with E-state index in [-0.39, 0.29) is 35.6 Å². The number of carboxylic acids is 1. The first-order chi connectivity index (χ1) is 18.3. The molecule has 0 saturated carbocycles. The zero-order valence-electron chi connectivity index (χ0n) is 20.8. The predicted octanol–water partition coefficient (Wildman–Crippen LogP) is 4.16. The molecule has 3 aromatic rings. The van der Waals surface area contributed by atoms with Crippen molar-refractivity contribution in [1.29, 1.82) is 0 Å². The number of phenols is 1. The van der Waals surface area contributed by atoms with Gasteiger partial charge in [-0.3, -0.25) is 19.7 Å². The van der Waals surface area contributed by atoms with Crippen LogP contribution in [0.3, 0.4) is 0 Å². The van der Waals surface area contributed by atoms with Crippen molar-refractivity contribution in [3.8, 4) is 17.2 Å². The zero-order valence-corrected chi connectivity index (χ0v) is 21.6. The molecule has 9 heteroatoms. The Morgan fingerprint density at radius 1 is 0.921 bits per heavy atom. The molecule has 0 fully saturated rings. The van der Waals surface area contributed by atoms with Crippen molar-refractivity contribution in [3.05, 3.63) is 89.5 Å². The SMILES string of the molecule is CC(=O)SC[C@@H](Cc1ccc2c(c1)OCO2)C(=O)C(NC(Cc1ccc(O)cc1)C(=O)O)c1ccccc1. The quantitative estimate of drug-likeness (QED) is 0.314. The van der Waals surface area contributed by atoms with Crippen LogP contribution in [0.5, 0.6) is 17.2 Å². The Hall–Kier alpha value is -3.82. The van der Waals surface area contributed by atoms with Gasteiger partial charge in [-0.25, -0.2) is 0 Å². The summed E-state index contributed by atoms with van der Waals surface area (Å²) in [5, 5.41) is 22.6. The first kappa shape index (κ1) is 27.2. The van der Waals surface area contributed by atoms with E-state index in [0.29, 0.717) is 29.0 Å². The maximum Gasteiger partial charge on any atom is 0.321 e. The van der Waals surface area contributed by atoms with Crippen LogP contribution in [0.1, 0.15) is 29.7 Å². The van der Waals surface area contributed by atoms with Crippen LogP contribution >= 0.6 is 11.8 Å². The maximum absolute atomic E-state index is 14.1. The van der Waals surface area contributed by atoms with Crippen molar-refractivity contribution >= 4 is 28.6 Å². The molecule has 0 radical (unpaired) electrons. The molecule has 1 heterocycles. The molecule has 0 bridgehead atoms. The van der Waals surface area contributed by atoms with Crippen LogP contribution in [0.4, 0.5) is 0 Å². The number of carbonyl (C=O) groups excluding carboxylic acids is 2. The number of rotatable bonds is 12. The lowest BCUT2D eigenvalue weighted by Gasteiger charge is -2.27. The minimum Gasteiger partial charge on any atom is -0.508 e. The summed E-state index contributed by atoms with van der Waals surface area (Å²) >= 11 is 1.07.